The quantitative estimate of drug-likeness (QED) is 0.458. The average molecular weight is 458 g/mol. The zero-order valence-electron chi connectivity index (χ0n) is 19.0. The number of carbonyl (C=O) groups excluding carboxylic acids is 1. The van der Waals surface area contributed by atoms with Crippen molar-refractivity contribution in [1.82, 2.24) is 19.9 Å². The van der Waals surface area contributed by atoms with Gasteiger partial charge in [-0.15, -0.1) is 0 Å². The normalized spacial score (nSPS) is 13.9. The predicted molar refractivity (Wildman–Crippen MR) is 129 cm³/mol. The minimum absolute atomic E-state index is 0.0727. The molecule has 0 bridgehead atoms. The number of hydrogen-bond acceptors (Lipinski definition) is 6. The van der Waals surface area contributed by atoms with E-state index < -0.39 is 0 Å². The molecule has 0 aliphatic carbocycles. The Hall–Kier alpha value is -4.07. The van der Waals surface area contributed by atoms with Crippen LogP contribution >= 0.6 is 0 Å². The number of rotatable bonds is 4. The number of nitrogens with zero attached hydrogens (tertiary/aromatic N) is 5. The van der Waals surface area contributed by atoms with Crippen molar-refractivity contribution in [1.29, 1.82) is 0 Å². The summed E-state index contributed by atoms with van der Waals surface area (Å²) in [6.07, 6.45) is 3.44. The fourth-order valence-electron chi connectivity index (χ4n) is 4.25. The highest BCUT2D eigenvalue weighted by Crippen LogP contribution is 2.37. The van der Waals surface area contributed by atoms with E-state index in [-0.39, 0.29) is 11.7 Å². The summed E-state index contributed by atoms with van der Waals surface area (Å²) in [6, 6.07) is 14.1. The number of pyridine rings is 1. The monoisotopic (exact) mass is 457 g/mol. The van der Waals surface area contributed by atoms with Gasteiger partial charge in [0.05, 0.1) is 7.11 Å². The van der Waals surface area contributed by atoms with Crippen molar-refractivity contribution < 1.29 is 13.9 Å². The lowest BCUT2D eigenvalue weighted by molar-refractivity contribution is -0.129. The standard InChI is InChI=1S/C26H24FN5O2/c1-17(33)31-10-12-32(13-11-31)26-22-14-20(18-5-7-21(27)8-6-18)15-23(34-2)24(22)29-25(30-26)19-4-3-9-28-16-19/h3-9,14-16H,10-13H2,1-2H3. The van der Waals surface area contributed by atoms with Crippen LogP contribution in [0.4, 0.5) is 10.2 Å². The number of carbonyl (C=O) groups is 1. The SMILES string of the molecule is COc1cc(-c2ccc(F)cc2)cc2c(N3CCN(C(C)=O)CC3)nc(-c3cccnc3)nc12. The Kier molecular flexibility index (Phi) is 5.79. The molecule has 1 aliphatic heterocycles. The smallest absolute Gasteiger partial charge is 0.219 e. The molecule has 1 saturated heterocycles. The largest absolute Gasteiger partial charge is 0.494 e. The van der Waals surface area contributed by atoms with Gasteiger partial charge >= 0.3 is 0 Å². The van der Waals surface area contributed by atoms with E-state index in [9.17, 15) is 9.18 Å². The first-order chi connectivity index (χ1) is 16.5. The number of ether oxygens (including phenoxy) is 1. The average Bonchev–Trinajstić information content (AvgIpc) is 2.88. The van der Waals surface area contributed by atoms with Crippen LogP contribution in [0.2, 0.25) is 0 Å². The molecule has 0 saturated carbocycles. The molecule has 0 radical (unpaired) electrons. The van der Waals surface area contributed by atoms with Gasteiger partial charge in [-0.25, -0.2) is 14.4 Å². The van der Waals surface area contributed by atoms with Gasteiger partial charge in [-0.3, -0.25) is 9.78 Å². The van der Waals surface area contributed by atoms with E-state index in [4.69, 9.17) is 14.7 Å². The number of amides is 1. The summed E-state index contributed by atoms with van der Waals surface area (Å²) < 4.78 is 19.3. The second-order valence-electron chi connectivity index (χ2n) is 8.19. The highest BCUT2D eigenvalue weighted by atomic mass is 19.1. The van der Waals surface area contributed by atoms with Gasteiger partial charge in [-0.1, -0.05) is 12.1 Å². The zero-order valence-corrected chi connectivity index (χ0v) is 19.0. The van der Waals surface area contributed by atoms with Gasteiger partial charge in [0.25, 0.3) is 0 Å². The molecule has 8 heteroatoms. The molecular formula is C26H24FN5O2. The lowest BCUT2D eigenvalue weighted by atomic mass is 10.0. The molecule has 0 unspecified atom stereocenters. The number of anilines is 1. The van der Waals surface area contributed by atoms with Gasteiger partial charge in [0.15, 0.2) is 5.82 Å². The minimum Gasteiger partial charge on any atom is -0.494 e. The van der Waals surface area contributed by atoms with Crippen molar-refractivity contribution in [2.45, 2.75) is 6.92 Å². The molecule has 4 aromatic rings. The van der Waals surface area contributed by atoms with Crippen molar-refractivity contribution in [2.75, 3.05) is 38.2 Å². The van der Waals surface area contributed by atoms with Crippen LogP contribution in [0.3, 0.4) is 0 Å². The fraction of sp³-hybridized carbons (Fsp3) is 0.231. The zero-order chi connectivity index (χ0) is 23.7. The lowest BCUT2D eigenvalue weighted by Gasteiger charge is -2.35. The Balaban J connectivity index is 1.69. The summed E-state index contributed by atoms with van der Waals surface area (Å²) in [5.41, 5.74) is 3.24. The van der Waals surface area contributed by atoms with Crippen LogP contribution in [0.25, 0.3) is 33.4 Å². The molecular weight excluding hydrogens is 433 g/mol. The maximum Gasteiger partial charge on any atom is 0.219 e. The minimum atomic E-state index is -0.287. The molecule has 7 nitrogen and oxygen atoms in total. The van der Waals surface area contributed by atoms with Gasteiger partial charge in [0.1, 0.15) is 22.9 Å². The maximum absolute atomic E-state index is 13.5. The molecule has 3 heterocycles. The van der Waals surface area contributed by atoms with Crippen molar-refractivity contribution in [3.63, 3.8) is 0 Å². The first kappa shape index (κ1) is 21.8. The third-order valence-electron chi connectivity index (χ3n) is 6.09. The molecule has 0 N–H and O–H groups in total. The van der Waals surface area contributed by atoms with Gasteiger partial charge in [0, 0.05) is 56.4 Å². The topological polar surface area (TPSA) is 71.5 Å². The van der Waals surface area contributed by atoms with E-state index in [1.807, 2.05) is 29.2 Å². The van der Waals surface area contributed by atoms with Crippen LogP contribution < -0.4 is 9.64 Å². The van der Waals surface area contributed by atoms with Crippen molar-refractivity contribution in [2.24, 2.45) is 0 Å². The summed E-state index contributed by atoms with van der Waals surface area (Å²) >= 11 is 0. The first-order valence-electron chi connectivity index (χ1n) is 11.1. The van der Waals surface area contributed by atoms with Crippen LogP contribution in [0.5, 0.6) is 5.75 Å². The molecule has 2 aromatic carbocycles. The van der Waals surface area contributed by atoms with Crippen molar-refractivity contribution in [3.05, 3.63) is 66.7 Å². The van der Waals surface area contributed by atoms with Crippen LogP contribution in [-0.4, -0.2) is 59.0 Å². The summed E-state index contributed by atoms with van der Waals surface area (Å²) in [5.74, 6) is 1.72. The Morgan fingerprint density at radius 1 is 0.971 bits per heavy atom. The maximum atomic E-state index is 13.5. The number of benzene rings is 2. The summed E-state index contributed by atoms with van der Waals surface area (Å²) in [6.45, 7) is 4.15. The Labute approximate surface area is 196 Å². The molecule has 1 fully saturated rings. The summed E-state index contributed by atoms with van der Waals surface area (Å²) in [4.78, 5) is 29.8. The Bertz CT molecular complexity index is 1340. The van der Waals surface area contributed by atoms with E-state index in [0.29, 0.717) is 43.3 Å². The highest BCUT2D eigenvalue weighted by Gasteiger charge is 2.24. The van der Waals surface area contributed by atoms with Gasteiger partial charge in [0.2, 0.25) is 5.91 Å². The summed E-state index contributed by atoms with van der Waals surface area (Å²) in [5, 5.41) is 0.836. The van der Waals surface area contributed by atoms with E-state index >= 15 is 0 Å². The van der Waals surface area contributed by atoms with E-state index in [1.54, 1.807) is 38.6 Å². The molecule has 2 aromatic heterocycles. The predicted octanol–water partition coefficient (Wildman–Crippen LogP) is 4.18. The Morgan fingerprint density at radius 2 is 1.74 bits per heavy atom. The van der Waals surface area contributed by atoms with E-state index in [0.717, 1.165) is 27.9 Å². The van der Waals surface area contributed by atoms with E-state index in [1.165, 1.54) is 12.1 Å². The summed E-state index contributed by atoms with van der Waals surface area (Å²) in [7, 11) is 1.61. The molecule has 1 aliphatic rings. The van der Waals surface area contributed by atoms with Crippen LogP contribution in [0.1, 0.15) is 6.92 Å². The van der Waals surface area contributed by atoms with E-state index in [2.05, 4.69) is 9.88 Å². The number of halogens is 1. The number of fused-ring (bicyclic) bond motifs is 1. The van der Waals surface area contributed by atoms with Crippen molar-refractivity contribution in [3.8, 4) is 28.3 Å². The van der Waals surface area contributed by atoms with Crippen LogP contribution in [0, 0.1) is 5.82 Å². The fourth-order valence-corrected chi connectivity index (χ4v) is 4.25. The van der Waals surface area contributed by atoms with Gasteiger partial charge < -0.3 is 14.5 Å². The number of piperazine rings is 1. The van der Waals surface area contributed by atoms with Crippen molar-refractivity contribution >= 4 is 22.6 Å². The third-order valence-corrected chi connectivity index (χ3v) is 6.09. The molecule has 5 rings (SSSR count). The second kappa shape index (κ2) is 9.05. The molecule has 172 valence electrons. The number of hydrogen-bond donors (Lipinski definition) is 0. The number of aromatic nitrogens is 3. The molecule has 0 atom stereocenters. The molecule has 0 spiro atoms. The number of methoxy groups -OCH3 is 1. The highest BCUT2D eigenvalue weighted by molar-refractivity contribution is 5.98. The Morgan fingerprint density at radius 3 is 2.38 bits per heavy atom. The van der Waals surface area contributed by atoms with Gasteiger partial charge in [-0.2, -0.15) is 0 Å². The second-order valence-corrected chi connectivity index (χ2v) is 8.19. The molecule has 1 amide bonds. The first-order valence-corrected chi connectivity index (χ1v) is 11.1. The lowest BCUT2D eigenvalue weighted by Crippen LogP contribution is -2.48. The van der Waals surface area contributed by atoms with Crippen LogP contribution in [-0.2, 0) is 4.79 Å². The molecule has 34 heavy (non-hydrogen) atoms. The van der Waals surface area contributed by atoms with Gasteiger partial charge in [-0.05, 0) is 47.5 Å². The van der Waals surface area contributed by atoms with Crippen LogP contribution in [0.15, 0.2) is 60.9 Å². The third kappa shape index (κ3) is 4.14.